The highest BCUT2D eigenvalue weighted by Crippen LogP contribution is 2.21. The molecule has 1 aromatic carbocycles. The van der Waals surface area contributed by atoms with E-state index in [1.54, 1.807) is 45.2 Å². The van der Waals surface area contributed by atoms with Gasteiger partial charge in [0.2, 0.25) is 0 Å². The summed E-state index contributed by atoms with van der Waals surface area (Å²) in [5.74, 6) is -0.519. The van der Waals surface area contributed by atoms with Gasteiger partial charge in [0.15, 0.2) is 5.82 Å². The molecule has 0 bridgehead atoms. The van der Waals surface area contributed by atoms with Crippen LogP contribution < -0.4 is 0 Å². The van der Waals surface area contributed by atoms with Gasteiger partial charge in [-0.05, 0) is 26.0 Å². The van der Waals surface area contributed by atoms with Crippen LogP contribution in [0.25, 0.3) is 16.9 Å². The second-order valence-corrected chi connectivity index (χ2v) is 7.67. The Hall–Kier alpha value is -4.41. The van der Waals surface area contributed by atoms with Crippen LogP contribution in [0, 0.1) is 6.92 Å². The predicted molar refractivity (Wildman–Crippen MR) is 124 cm³/mol. The quantitative estimate of drug-likeness (QED) is 0.312. The van der Waals surface area contributed by atoms with Crippen molar-refractivity contribution in [2.24, 2.45) is 0 Å². The molecule has 0 radical (unpaired) electrons. The molecular formula is C23H24N8O3. The van der Waals surface area contributed by atoms with Crippen molar-refractivity contribution in [1.29, 1.82) is 0 Å². The van der Waals surface area contributed by atoms with Crippen LogP contribution >= 0.6 is 0 Å². The number of aryl methyl sites for hydroxylation is 1. The lowest BCUT2D eigenvalue weighted by atomic mass is 10.1. The number of H-pyrrole nitrogens is 1. The Balaban J connectivity index is 1.50. The lowest BCUT2D eigenvalue weighted by Crippen LogP contribution is -2.42. The number of ketones is 1. The molecule has 0 saturated heterocycles. The molecule has 0 saturated carbocycles. The van der Waals surface area contributed by atoms with Gasteiger partial charge in [-0.3, -0.25) is 14.4 Å². The summed E-state index contributed by atoms with van der Waals surface area (Å²) in [6.07, 6.45) is 4.27. The van der Waals surface area contributed by atoms with Gasteiger partial charge in [-0.2, -0.15) is 5.10 Å². The van der Waals surface area contributed by atoms with Crippen molar-refractivity contribution in [2.45, 2.75) is 13.8 Å². The molecule has 0 atom stereocenters. The van der Waals surface area contributed by atoms with Gasteiger partial charge in [0.1, 0.15) is 29.5 Å². The van der Waals surface area contributed by atoms with E-state index in [1.165, 1.54) is 33.3 Å². The number of benzene rings is 1. The summed E-state index contributed by atoms with van der Waals surface area (Å²) in [7, 11) is 1.67. The number of nitrogens with one attached hydrogen (secondary N) is 1. The lowest BCUT2D eigenvalue weighted by molar-refractivity contribution is -0.126. The maximum absolute atomic E-state index is 13.1. The Labute approximate surface area is 195 Å². The van der Waals surface area contributed by atoms with Crippen LogP contribution in [0.2, 0.25) is 0 Å². The van der Waals surface area contributed by atoms with Crippen LogP contribution in [0.1, 0.15) is 33.5 Å². The fourth-order valence-corrected chi connectivity index (χ4v) is 3.56. The Morgan fingerprint density at radius 2 is 1.82 bits per heavy atom. The minimum atomic E-state index is -0.690. The van der Waals surface area contributed by atoms with E-state index in [0.717, 1.165) is 0 Å². The third kappa shape index (κ3) is 4.40. The van der Waals surface area contributed by atoms with E-state index in [4.69, 9.17) is 0 Å². The number of likely N-dealkylation sites (N-methyl/N-ethyl adjacent to an activating group) is 2. The van der Waals surface area contributed by atoms with Crippen molar-refractivity contribution in [3.63, 3.8) is 0 Å². The van der Waals surface area contributed by atoms with Crippen molar-refractivity contribution in [3.05, 3.63) is 66.1 Å². The summed E-state index contributed by atoms with van der Waals surface area (Å²) in [5.41, 5.74) is 1.50. The van der Waals surface area contributed by atoms with Gasteiger partial charge in [0.25, 0.3) is 17.6 Å². The van der Waals surface area contributed by atoms with Crippen LogP contribution in [-0.2, 0) is 4.79 Å². The van der Waals surface area contributed by atoms with Crippen molar-refractivity contribution >= 4 is 28.6 Å². The van der Waals surface area contributed by atoms with Crippen LogP contribution in [-0.4, -0.2) is 83.8 Å². The third-order valence-corrected chi connectivity index (χ3v) is 5.45. The van der Waals surface area contributed by atoms with Gasteiger partial charge >= 0.3 is 0 Å². The number of aromatic amines is 1. The molecule has 0 aliphatic heterocycles. The third-order valence-electron chi connectivity index (χ3n) is 5.45. The fourth-order valence-electron chi connectivity index (χ4n) is 3.56. The van der Waals surface area contributed by atoms with Gasteiger partial charge in [0, 0.05) is 38.4 Å². The highest BCUT2D eigenvalue weighted by atomic mass is 16.2. The molecule has 0 aliphatic carbocycles. The number of carbonyl (C=O) groups excluding carboxylic acids is 3. The number of nitrogens with zero attached hydrogens (tertiary/aromatic N) is 7. The minimum Gasteiger partial charge on any atom is -0.356 e. The predicted octanol–water partition coefficient (Wildman–Crippen LogP) is 1.65. The summed E-state index contributed by atoms with van der Waals surface area (Å²) in [5, 5.41) is 4.24. The number of carbonyl (C=O) groups is 3. The number of hydrogen-bond acceptors (Lipinski definition) is 7. The fraction of sp³-hybridized carbons (Fsp3) is 0.261. The molecule has 0 unspecified atom stereocenters. The van der Waals surface area contributed by atoms with Crippen molar-refractivity contribution in [2.75, 3.05) is 26.7 Å². The SMILES string of the molecule is CCN(CCN(C)C(=O)c1ccccc1)C(=O)C(=O)c1c[nH]c2c(-n3cnc(C)n3)ncnc12. The van der Waals surface area contributed by atoms with Crippen molar-refractivity contribution < 1.29 is 14.4 Å². The van der Waals surface area contributed by atoms with E-state index in [1.807, 2.05) is 6.07 Å². The maximum atomic E-state index is 13.1. The number of amides is 2. The zero-order valence-corrected chi connectivity index (χ0v) is 19.1. The normalized spacial score (nSPS) is 10.9. The minimum absolute atomic E-state index is 0.146. The smallest absolute Gasteiger partial charge is 0.295 e. The first-order chi connectivity index (χ1) is 16.4. The van der Waals surface area contributed by atoms with Crippen LogP contribution in [0.5, 0.6) is 0 Å². The van der Waals surface area contributed by atoms with E-state index in [2.05, 4.69) is 25.0 Å². The summed E-state index contributed by atoms with van der Waals surface area (Å²) < 4.78 is 1.48. The Kier molecular flexibility index (Phi) is 6.44. The Morgan fingerprint density at radius 1 is 1.06 bits per heavy atom. The second-order valence-electron chi connectivity index (χ2n) is 7.67. The van der Waals surface area contributed by atoms with Crippen molar-refractivity contribution in [3.8, 4) is 5.82 Å². The highest BCUT2D eigenvalue weighted by molar-refractivity contribution is 6.44. The first-order valence-electron chi connectivity index (χ1n) is 10.8. The van der Waals surface area contributed by atoms with E-state index in [9.17, 15) is 14.4 Å². The van der Waals surface area contributed by atoms with Crippen LogP contribution in [0.3, 0.4) is 0 Å². The second kappa shape index (κ2) is 9.61. The first kappa shape index (κ1) is 22.8. The summed E-state index contributed by atoms with van der Waals surface area (Å²) in [6.45, 7) is 4.36. The zero-order valence-electron chi connectivity index (χ0n) is 19.1. The van der Waals surface area contributed by atoms with E-state index < -0.39 is 11.7 Å². The average molecular weight is 460 g/mol. The number of hydrogen-bond donors (Lipinski definition) is 1. The topological polar surface area (TPSA) is 130 Å². The molecule has 1 N–H and O–H groups in total. The van der Waals surface area contributed by atoms with Gasteiger partial charge < -0.3 is 14.8 Å². The number of Topliss-reactive ketones (excluding diaryl/α,β-unsaturated/α-hetero) is 1. The standard InChI is InChI=1S/C23H24N8O3/c1-4-30(11-10-29(3)22(33)16-8-6-5-7-9-16)23(34)20(32)17-12-24-19-18(17)25-13-26-21(19)31-14-27-15(2)28-31/h5-9,12-14,24H,4,10-11H2,1-3H3. The molecular weight excluding hydrogens is 436 g/mol. The highest BCUT2D eigenvalue weighted by Gasteiger charge is 2.27. The summed E-state index contributed by atoms with van der Waals surface area (Å²) >= 11 is 0. The molecule has 0 spiro atoms. The van der Waals surface area contributed by atoms with E-state index in [-0.39, 0.29) is 24.6 Å². The molecule has 11 nitrogen and oxygen atoms in total. The van der Waals surface area contributed by atoms with Gasteiger partial charge in [-0.25, -0.2) is 19.6 Å². The Morgan fingerprint density at radius 3 is 2.50 bits per heavy atom. The van der Waals surface area contributed by atoms with Gasteiger partial charge in [-0.15, -0.1) is 0 Å². The molecule has 11 heteroatoms. The summed E-state index contributed by atoms with van der Waals surface area (Å²) in [4.78, 5) is 57.1. The number of aromatic nitrogens is 6. The van der Waals surface area contributed by atoms with Crippen LogP contribution in [0.15, 0.2) is 49.2 Å². The molecule has 4 aromatic rings. The molecule has 3 heterocycles. The number of rotatable bonds is 8. The average Bonchev–Trinajstić information content (AvgIpc) is 3.50. The molecule has 0 fully saturated rings. The lowest BCUT2D eigenvalue weighted by Gasteiger charge is -2.24. The molecule has 3 aromatic heterocycles. The molecule has 174 valence electrons. The largest absolute Gasteiger partial charge is 0.356 e. The Bertz CT molecular complexity index is 1340. The van der Waals surface area contributed by atoms with Crippen molar-refractivity contribution in [1.82, 2.24) is 39.5 Å². The molecule has 4 rings (SSSR count). The number of fused-ring (bicyclic) bond motifs is 1. The first-order valence-corrected chi connectivity index (χ1v) is 10.8. The van der Waals surface area contributed by atoms with Gasteiger partial charge in [-0.1, -0.05) is 18.2 Å². The summed E-state index contributed by atoms with van der Waals surface area (Å²) in [6, 6.07) is 8.90. The molecule has 2 amide bonds. The van der Waals surface area contributed by atoms with Crippen LogP contribution in [0.4, 0.5) is 0 Å². The maximum Gasteiger partial charge on any atom is 0.295 e. The zero-order chi connectivity index (χ0) is 24.2. The molecule has 34 heavy (non-hydrogen) atoms. The van der Waals surface area contributed by atoms with Gasteiger partial charge in [0.05, 0.1) is 5.56 Å². The van der Waals surface area contributed by atoms with E-state index in [0.29, 0.717) is 34.8 Å². The van der Waals surface area contributed by atoms with E-state index >= 15 is 0 Å². The molecule has 0 aliphatic rings. The monoisotopic (exact) mass is 460 g/mol.